The Kier molecular flexibility index (Phi) is 9.12. The molecule has 9 nitrogen and oxygen atoms in total. The third-order valence-electron chi connectivity index (χ3n) is 9.75. The highest BCUT2D eigenvalue weighted by atomic mass is 16.5. The molecule has 3 aliphatic rings. The number of pyridine rings is 1. The summed E-state index contributed by atoms with van der Waals surface area (Å²) < 4.78 is 12.0. The Labute approximate surface area is 280 Å². The van der Waals surface area contributed by atoms with Gasteiger partial charge in [0.15, 0.2) is 0 Å². The summed E-state index contributed by atoms with van der Waals surface area (Å²) in [5, 5.41) is 23.8. The number of aliphatic hydroxyl groups is 1. The molecule has 0 spiro atoms. The number of imide groups is 1. The number of aromatic nitrogens is 1. The number of nitrogens with one attached hydrogen (secondary N) is 1. The van der Waals surface area contributed by atoms with Crippen molar-refractivity contribution in [2.24, 2.45) is 17.8 Å². The molecule has 0 saturated carbocycles. The molecule has 48 heavy (non-hydrogen) atoms. The molecule has 2 aromatic heterocycles. The first-order valence-electron chi connectivity index (χ1n) is 16.6. The molecule has 0 radical (unpaired) electrons. The normalized spacial score (nSPS) is 22.6. The second-order valence-corrected chi connectivity index (χ2v) is 12.6. The summed E-state index contributed by atoms with van der Waals surface area (Å²) in [5.74, 6) is -0.650. The number of furan rings is 1. The third kappa shape index (κ3) is 6.26. The molecule has 0 unspecified atom stereocenters. The maximum Gasteiger partial charge on any atom is 0.455 e. The molecular weight excluding hydrogens is 605 g/mol. The lowest BCUT2D eigenvalue weighted by Crippen LogP contribution is -2.46. The third-order valence-corrected chi connectivity index (χ3v) is 9.75. The monoisotopic (exact) mass is 643 g/mol. The van der Waals surface area contributed by atoms with Crippen molar-refractivity contribution in [2.75, 3.05) is 10.2 Å². The summed E-state index contributed by atoms with van der Waals surface area (Å²) in [5.41, 5.74) is 6.25. The molecule has 4 heterocycles. The number of carbonyl (C=O) groups is 2. The van der Waals surface area contributed by atoms with Crippen molar-refractivity contribution in [2.45, 2.75) is 51.6 Å². The quantitative estimate of drug-likeness (QED) is 0.0998. The maximum absolute atomic E-state index is 14.2. The van der Waals surface area contributed by atoms with Crippen molar-refractivity contribution in [1.82, 2.24) is 4.98 Å². The van der Waals surface area contributed by atoms with Crippen molar-refractivity contribution < 1.29 is 28.8 Å². The fraction of sp³-hybridized carbons (Fsp3) is 0.289. The topological polar surface area (TPSA) is 125 Å². The molecule has 3 N–H and O–H groups in total. The van der Waals surface area contributed by atoms with Crippen LogP contribution in [0, 0.1) is 17.8 Å². The van der Waals surface area contributed by atoms with Crippen LogP contribution in [-0.4, -0.2) is 40.2 Å². The zero-order valence-electron chi connectivity index (χ0n) is 26.8. The summed E-state index contributed by atoms with van der Waals surface area (Å²) in [6.45, 7) is 1.89. The Bertz CT molecular complexity index is 1840. The summed E-state index contributed by atoms with van der Waals surface area (Å²) in [6, 6.07) is 26.4. The minimum Gasteiger partial charge on any atom is -0.459 e. The lowest BCUT2D eigenvalue weighted by atomic mass is 9.58. The molecule has 2 aromatic carbocycles. The Hall–Kier alpha value is -4.77. The zero-order chi connectivity index (χ0) is 33.2. The molecule has 244 valence electrons. The van der Waals surface area contributed by atoms with Gasteiger partial charge >= 0.3 is 7.12 Å². The lowest BCUT2D eigenvalue weighted by Gasteiger charge is -2.43. The largest absolute Gasteiger partial charge is 0.459 e. The predicted molar refractivity (Wildman–Crippen MR) is 185 cm³/mol. The van der Waals surface area contributed by atoms with Crippen LogP contribution in [0.4, 0.5) is 17.1 Å². The number of nitrogens with zero attached hydrogens (tertiary/aromatic N) is 2. The van der Waals surface area contributed by atoms with Crippen LogP contribution in [0.1, 0.15) is 49.8 Å². The van der Waals surface area contributed by atoms with E-state index in [1.807, 2.05) is 84.9 Å². The molecular formula is C38H38BN3O6. The number of aliphatic hydroxyl groups excluding tert-OH is 1. The van der Waals surface area contributed by atoms with Gasteiger partial charge < -0.3 is 24.5 Å². The van der Waals surface area contributed by atoms with Gasteiger partial charge in [-0.25, -0.2) is 0 Å². The smallest absolute Gasteiger partial charge is 0.455 e. The first kappa shape index (κ1) is 31.8. The van der Waals surface area contributed by atoms with Crippen LogP contribution in [0.3, 0.4) is 0 Å². The van der Waals surface area contributed by atoms with E-state index in [1.165, 1.54) is 4.90 Å². The number of amides is 2. The Balaban J connectivity index is 1.14. The summed E-state index contributed by atoms with van der Waals surface area (Å²) in [6.07, 6.45) is 5.83. The first-order valence-corrected chi connectivity index (χ1v) is 16.6. The van der Waals surface area contributed by atoms with Gasteiger partial charge in [0.05, 0.1) is 29.3 Å². The van der Waals surface area contributed by atoms with E-state index in [0.717, 1.165) is 40.2 Å². The van der Waals surface area contributed by atoms with Crippen LogP contribution in [0.5, 0.6) is 0 Å². The highest BCUT2D eigenvalue weighted by Gasteiger charge is 2.57. The van der Waals surface area contributed by atoms with E-state index in [0.29, 0.717) is 36.5 Å². The predicted octanol–water partition coefficient (Wildman–Crippen LogP) is 6.64. The number of carbonyl (C=O) groups excluding carboxylic acids is 2. The lowest BCUT2D eigenvalue weighted by molar-refractivity contribution is -0.122. The van der Waals surface area contributed by atoms with Crippen LogP contribution in [-0.2, 0) is 20.9 Å². The fourth-order valence-electron chi connectivity index (χ4n) is 7.58. The molecule has 2 saturated heterocycles. The standard InChI is InChI=1S/C38H38BN3O6/c1-2-24-21-31-36(38(45)42(37(31)44)28-14-12-27(13-15-28)41-26-8-4-3-5-9-26)32-22-39(46)48-34(35(24)32)18-11-25(33-10-6-7-19-40-33)20-29-16-17-30(23-43)47-29/h3-10,12-17,19-20,31-32,34,36,41,43,46H,2,11,18,21-23H2,1H3/b25-20-/t31-,32+,34-,36-/m1/s1. The molecule has 4 atom stereocenters. The Morgan fingerprint density at radius 2 is 1.75 bits per heavy atom. The van der Waals surface area contributed by atoms with E-state index >= 15 is 0 Å². The number of fused-ring (bicyclic) bond motifs is 3. The molecule has 2 fully saturated rings. The number of hydrogen-bond acceptors (Lipinski definition) is 8. The first-order chi connectivity index (χ1) is 23.4. The fourth-order valence-corrected chi connectivity index (χ4v) is 7.58. The van der Waals surface area contributed by atoms with Gasteiger partial charge in [0, 0.05) is 17.6 Å². The van der Waals surface area contributed by atoms with Crippen LogP contribution < -0.4 is 10.2 Å². The van der Waals surface area contributed by atoms with E-state index < -0.39 is 25.1 Å². The summed E-state index contributed by atoms with van der Waals surface area (Å²) >= 11 is 0. The van der Waals surface area contributed by atoms with Crippen LogP contribution in [0.2, 0.25) is 6.32 Å². The SMILES string of the molecule is CCC1=C2[C@@H](CC/C(=C/c3ccc(CO)o3)c3ccccn3)OB(O)C[C@@H]2[C@@H]2C(=O)N(c3ccc(Nc4ccccc4)cc3)C(=O)[C@@H]2C1. The highest BCUT2D eigenvalue weighted by Crippen LogP contribution is 2.52. The minimum absolute atomic E-state index is 0.183. The van der Waals surface area contributed by atoms with E-state index in [1.54, 1.807) is 12.3 Å². The number of benzene rings is 2. The van der Waals surface area contributed by atoms with Gasteiger partial charge in [-0.15, -0.1) is 0 Å². The van der Waals surface area contributed by atoms with Gasteiger partial charge in [-0.3, -0.25) is 19.5 Å². The second-order valence-electron chi connectivity index (χ2n) is 12.6. The minimum atomic E-state index is -1.06. The number of anilines is 3. The zero-order valence-corrected chi connectivity index (χ0v) is 26.8. The number of para-hydroxylation sites is 1. The molecule has 2 amide bonds. The molecule has 1 aliphatic carbocycles. The maximum atomic E-state index is 14.2. The van der Waals surface area contributed by atoms with Crippen molar-refractivity contribution in [3.8, 4) is 0 Å². The van der Waals surface area contributed by atoms with Crippen molar-refractivity contribution in [3.05, 3.63) is 119 Å². The van der Waals surface area contributed by atoms with E-state index in [2.05, 4.69) is 17.2 Å². The van der Waals surface area contributed by atoms with Crippen molar-refractivity contribution >= 4 is 47.6 Å². The Morgan fingerprint density at radius 3 is 2.46 bits per heavy atom. The van der Waals surface area contributed by atoms with Crippen LogP contribution in [0.25, 0.3) is 11.6 Å². The van der Waals surface area contributed by atoms with Gasteiger partial charge in [0.2, 0.25) is 11.8 Å². The number of rotatable bonds is 10. The average Bonchev–Trinajstić information content (AvgIpc) is 3.68. The number of hydrogen-bond donors (Lipinski definition) is 3. The molecule has 10 heteroatoms. The van der Waals surface area contributed by atoms with Crippen LogP contribution in [0.15, 0.2) is 107 Å². The number of allylic oxidation sites excluding steroid dienone is 2. The van der Waals surface area contributed by atoms with Gasteiger partial charge in [-0.1, -0.05) is 36.8 Å². The molecule has 7 rings (SSSR count). The molecule has 4 aromatic rings. The van der Waals surface area contributed by atoms with E-state index in [-0.39, 0.29) is 30.7 Å². The van der Waals surface area contributed by atoms with E-state index in [9.17, 15) is 19.7 Å². The van der Waals surface area contributed by atoms with Gasteiger partial charge in [0.1, 0.15) is 18.1 Å². The molecule has 2 aliphatic heterocycles. The van der Waals surface area contributed by atoms with Crippen molar-refractivity contribution in [3.63, 3.8) is 0 Å². The molecule has 0 bridgehead atoms. The van der Waals surface area contributed by atoms with E-state index in [4.69, 9.17) is 9.07 Å². The highest BCUT2D eigenvalue weighted by molar-refractivity contribution is 6.43. The van der Waals surface area contributed by atoms with Crippen LogP contribution >= 0.6 is 0 Å². The van der Waals surface area contributed by atoms with Crippen molar-refractivity contribution in [1.29, 1.82) is 0 Å². The summed E-state index contributed by atoms with van der Waals surface area (Å²) in [4.78, 5) is 34.0. The summed E-state index contributed by atoms with van der Waals surface area (Å²) in [7, 11) is -1.06. The van der Waals surface area contributed by atoms with Gasteiger partial charge in [0.25, 0.3) is 0 Å². The van der Waals surface area contributed by atoms with Gasteiger partial charge in [-0.2, -0.15) is 0 Å². The average molecular weight is 644 g/mol. The van der Waals surface area contributed by atoms with Gasteiger partial charge in [-0.05, 0) is 116 Å². The second kappa shape index (κ2) is 13.8. The Morgan fingerprint density at radius 1 is 0.979 bits per heavy atom.